The Hall–Kier alpha value is -1.21. The van der Waals surface area contributed by atoms with Gasteiger partial charge in [-0.15, -0.1) is 12.4 Å². The summed E-state index contributed by atoms with van der Waals surface area (Å²) in [5.41, 5.74) is 0.636. The van der Waals surface area contributed by atoms with Crippen LogP contribution in [0.15, 0.2) is 24.3 Å². The number of aliphatic hydroxyl groups excluding tert-OH is 1. The van der Waals surface area contributed by atoms with E-state index in [1.54, 1.807) is 12.1 Å². The molecule has 0 aromatic heterocycles. The number of carbonyl (C=O) groups excluding carboxylic acids is 1. The Morgan fingerprint density at radius 3 is 2.77 bits per heavy atom. The van der Waals surface area contributed by atoms with Gasteiger partial charge in [0.2, 0.25) is 5.91 Å². The maximum atomic E-state index is 12.8. The molecule has 0 radical (unpaired) electrons. The molecule has 3 N–H and O–H groups in total. The fourth-order valence-electron chi connectivity index (χ4n) is 2.29. The molecule has 3 unspecified atom stereocenters. The number of nitrogens with one attached hydrogen (secondary N) is 2. The topological polar surface area (TPSA) is 70.6 Å². The van der Waals surface area contributed by atoms with Crippen molar-refractivity contribution in [1.82, 2.24) is 10.6 Å². The average molecular weight is 333 g/mol. The van der Waals surface area contributed by atoms with Crippen molar-refractivity contribution >= 4 is 18.3 Å². The number of carbonyl (C=O) groups is 1. The van der Waals surface area contributed by atoms with Crippen molar-refractivity contribution < 1.29 is 19.0 Å². The molecule has 1 aromatic carbocycles. The van der Waals surface area contributed by atoms with Gasteiger partial charge in [-0.1, -0.05) is 12.1 Å². The number of morpholine rings is 1. The van der Waals surface area contributed by atoms with E-state index in [2.05, 4.69) is 10.6 Å². The lowest BCUT2D eigenvalue weighted by Crippen LogP contribution is -2.53. The van der Waals surface area contributed by atoms with Crippen molar-refractivity contribution in [3.63, 3.8) is 0 Å². The fourth-order valence-corrected chi connectivity index (χ4v) is 2.29. The lowest BCUT2D eigenvalue weighted by Gasteiger charge is -2.25. The number of aliphatic hydroxyl groups is 1. The fraction of sp³-hybridized carbons (Fsp3) is 0.533. The van der Waals surface area contributed by atoms with Crippen LogP contribution in [0.25, 0.3) is 0 Å². The van der Waals surface area contributed by atoms with E-state index >= 15 is 0 Å². The molecule has 0 aliphatic carbocycles. The van der Waals surface area contributed by atoms with Gasteiger partial charge in [-0.2, -0.15) is 0 Å². The number of amides is 1. The molecule has 1 heterocycles. The van der Waals surface area contributed by atoms with E-state index in [0.29, 0.717) is 31.7 Å². The predicted molar refractivity (Wildman–Crippen MR) is 83.4 cm³/mol. The zero-order valence-electron chi connectivity index (χ0n) is 12.4. The molecule has 0 bridgehead atoms. The number of halogens is 2. The van der Waals surface area contributed by atoms with Gasteiger partial charge in [0.05, 0.1) is 19.3 Å². The summed E-state index contributed by atoms with van der Waals surface area (Å²) in [5.74, 6) is -0.468. The van der Waals surface area contributed by atoms with Crippen LogP contribution in [-0.4, -0.2) is 42.9 Å². The molecular weight excluding hydrogens is 311 g/mol. The summed E-state index contributed by atoms with van der Waals surface area (Å²) >= 11 is 0. The predicted octanol–water partition coefficient (Wildman–Crippen LogP) is 1.16. The molecule has 1 amide bonds. The number of hydrogen-bond acceptors (Lipinski definition) is 4. The first-order chi connectivity index (χ1) is 10.1. The molecule has 5 nitrogen and oxygen atoms in total. The van der Waals surface area contributed by atoms with Crippen molar-refractivity contribution in [3.8, 4) is 0 Å². The van der Waals surface area contributed by atoms with E-state index in [4.69, 9.17) is 4.74 Å². The zero-order chi connectivity index (χ0) is 15.2. The summed E-state index contributed by atoms with van der Waals surface area (Å²) in [6, 6.07) is 5.18. The smallest absolute Gasteiger partial charge is 0.239 e. The highest BCUT2D eigenvalue weighted by molar-refractivity contribution is 5.85. The average Bonchev–Trinajstić information content (AvgIpc) is 2.48. The first-order valence-corrected chi connectivity index (χ1v) is 7.11. The van der Waals surface area contributed by atoms with Crippen LogP contribution in [-0.2, 0) is 9.53 Å². The maximum absolute atomic E-state index is 12.8. The van der Waals surface area contributed by atoms with Gasteiger partial charge >= 0.3 is 0 Å². The SMILES string of the molecule is CC(CC(O)c1ccc(F)cc1)NC(=O)C1COCCN1.Cl. The Morgan fingerprint density at radius 1 is 1.50 bits per heavy atom. The Bertz CT molecular complexity index is 466. The minimum Gasteiger partial charge on any atom is -0.388 e. The molecule has 3 atom stereocenters. The Morgan fingerprint density at radius 2 is 2.18 bits per heavy atom. The summed E-state index contributed by atoms with van der Waals surface area (Å²) in [5, 5.41) is 16.0. The monoisotopic (exact) mass is 332 g/mol. The van der Waals surface area contributed by atoms with Crippen LogP contribution >= 0.6 is 12.4 Å². The van der Waals surface area contributed by atoms with Crippen LogP contribution in [0.3, 0.4) is 0 Å². The normalized spacial score (nSPS) is 20.6. The van der Waals surface area contributed by atoms with Crippen LogP contribution in [0.2, 0.25) is 0 Å². The molecule has 22 heavy (non-hydrogen) atoms. The van der Waals surface area contributed by atoms with Gasteiger partial charge in [-0.25, -0.2) is 4.39 Å². The molecule has 1 aromatic rings. The van der Waals surface area contributed by atoms with E-state index in [0.717, 1.165) is 0 Å². The minimum absolute atomic E-state index is 0. The number of ether oxygens (including phenoxy) is 1. The summed E-state index contributed by atoms with van der Waals surface area (Å²) in [6.07, 6.45) is -0.373. The molecule has 124 valence electrons. The van der Waals surface area contributed by atoms with Crippen molar-refractivity contribution in [3.05, 3.63) is 35.6 Å². The molecule has 7 heteroatoms. The van der Waals surface area contributed by atoms with Crippen LogP contribution < -0.4 is 10.6 Å². The second kappa shape index (κ2) is 9.05. The van der Waals surface area contributed by atoms with Crippen molar-refractivity contribution in [2.45, 2.75) is 31.5 Å². The highest BCUT2D eigenvalue weighted by Crippen LogP contribution is 2.18. The van der Waals surface area contributed by atoms with E-state index < -0.39 is 6.10 Å². The molecule has 1 aliphatic rings. The van der Waals surface area contributed by atoms with Gasteiger partial charge in [-0.3, -0.25) is 4.79 Å². The molecule has 0 saturated carbocycles. The first-order valence-electron chi connectivity index (χ1n) is 7.11. The summed E-state index contributed by atoms with van der Waals surface area (Å²) in [6.45, 7) is 3.46. The molecule has 1 aliphatic heterocycles. The van der Waals surface area contributed by atoms with Crippen LogP contribution in [0.1, 0.15) is 25.0 Å². The van der Waals surface area contributed by atoms with E-state index in [9.17, 15) is 14.3 Å². The third kappa shape index (κ3) is 5.53. The van der Waals surface area contributed by atoms with Crippen LogP contribution in [0, 0.1) is 5.82 Å². The van der Waals surface area contributed by atoms with Crippen LogP contribution in [0.4, 0.5) is 4.39 Å². The molecule has 0 spiro atoms. The highest BCUT2D eigenvalue weighted by Gasteiger charge is 2.23. The van der Waals surface area contributed by atoms with E-state index in [-0.39, 0.29) is 36.2 Å². The van der Waals surface area contributed by atoms with Gasteiger partial charge in [-0.05, 0) is 31.0 Å². The van der Waals surface area contributed by atoms with E-state index in [1.165, 1.54) is 12.1 Å². The van der Waals surface area contributed by atoms with Gasteiger partial charge in [0.15, 0.2) is 0 Å². The largest absolute Gasteiger partial charge is 0.388 e. The standard InChI is InChI=1S/C15H21FN2O3.ClH/c1-10(18-15(20)13-9-21-7-6-17-13)8-14(19)11-2-4-12(16)5-3-11;/h2-5,10,13-14,17,19H,6-9H2,1H3,(H,18,20);1H. The third-order valence-electron chi connectivity index (χ3n) is 3.46. The van der Waals surface area contributed by atoms with Gasteiger partial charge in [0, 0.05) is 12.6 Å². The number of benzene rings is 1. The number of rotatable bonds is 5. The zero-order valence-corrected chi connectivity index (χ0v) is 13.2. The van der Waals surface area contributed by atoms with Gasteiger partial charge in [0.25, 0.3) is 0 Å². The lowest BCUT2D eigenvalue weighted by molar-refractivity contribution is -0.126. The highest BCUT2D eigenvalue weighted by atomic mass is 35.5. The van der Waals surface area contributed by atoms with Crippen LogP contribution in [0.5, 0.6) is 0 Å². The lowest BCUT2D eigenvalue weighted by atomic mass is 10.0. The third-order valence-corrected chi connectivity index (χ3v) is 3.46. The second-order valence-corrected chi connectivity index (χ2v) is 5.29. The molecular formula is C15H22ClFN2O3. The van der Waals surface area contributed by atoms with Gasteiger partial charge in [0.1, 0.15) is 11.9 Å². The second-order valence-electron chi connectivity index (χ2n) is 5.29. The Balaban J connectivity index is 0.00000242. The molecule has 1 fully saturated rings. The van der Waals surface area contributed by atoms with Crippen molar-refractivity contribution in [1.29, 1.82) is 0 Å². The number of hydrogen-bond donors (Lipinski definition) is 3. The Labute approximate surface area is 135 Å². The quantitative estimate of drug-likeness (QED) is 0.757. The van der Waals surface area contributed by atoms with Gasteiger partial charge < -0.3 is 20.5 Å². The molecule has 2 rings (SSSR count). The Kier molecular flexibility index (Phi) is 7.75. The summed E-state index contributed by atoms with van der Waals surface area (Å²) in [7, 11) is 0. The summed E-state index contributed by atoms with van der Waals surface area (Å²) < 4.78 is 18.1. The molecule has 1 saturated heterocycles. The van der Waals surface area contributed by atoms with Crippen molar-refractivity contribution in [2.75, 3.05) is 19.8 Å². The summed E-state index contributed by atoms with van der Waals surface area (Å²) in [4.78, 5) is 12.0. The van der Waals surface area contributed by atoms with Crippen molar-refractivity contribution in [2.24, 2.45) is 0 Å². The maximum Gasteiger partial charge on any atom is 0.239 e. The first kappa shape index (κ1) is 18.8. The van der Waals surface area contributed by atoms with E-state index in [1.807, 2.05) is 6.92 Å². The minimum atomic E-state index is -0.739.